The van der Waals surface area contributed by atoms with E-state index in [0.717, 1.165) is 4.88 Å². The van der Waals surface area contributed by atoms with Crippen LogP contribution in [0.5, 0.6) is 0 Å². The lowest BCUT2D eigenvalue weighted by atomic mass is 9.95. The van der Waals surface area contributed by atoms with Gasteiger partial charge in [-0.05, 0) is 29.7 Å². The SMILES string of the molecule is CC(C)(C)c1ccc(C(O)c2ccc(Cl)cc2Cl)s1. The van der Waals surface area contributed by atoms with Gasteiger partial charge in [0.1, 0.15) is 6.10 Å². The van der Waals surface area contributed by atoms with Crippen molar-refractivity contribution in [2.45, 2.75) is 32.3 Å². The maximum absolute atomic E-state index is 10.4. The van der Waals surface area contributed by atoms with Crippen LogP contribution in [0.15, 0.2) is 30.3 Å². The Bertz CT molecular complexity index is 584. The average molecular weight is 315 g/mol. The van der Waals surface area contributed by atoms with E-state index in [0.29, 0.717) is 15.6 Å². The van der Waals surface area contributed by atoms with Crippen LogP contribution in [-0.4, -0.2) is 5.11 Å². The molecule has 4 heteroatoms. The topological polar surface area (TPSA) is 20.2 Å². The molecule has 0 aliphatic carbocycles. The number of halogens is 2. The number of hydrogen-bond donors (Lipinski definition) is 1. The molecule has 19 heavy (non-hydrogen) atoms. The van der Waals surface area contributed by atoms with Crippen LogP contribution >= 0.6 is 34.5 Å². The fourth-order valence-electron chi connectivity index (χ4n) is 1.78. The van der Waals surface area contributed by atoms with Gasteiger partial charge in [-0.15, -0.1) is 11.3 Å². The Labute approximate surface area is 127 Å². The number of benzene rings is 1. The summed E-state index contributed by atoms with van der Waals surface area (Å²) >= 11 is 13.6. The molecule has 0 aliphatic rings. The Kier molecular flexibility index (Phi) is 4.26. The molecule has 0 amide bonds. The van der Waals surface area contributed by atoms with Gasteiger partial charge >= 0.3 is 0 Å². The van der Waals surface area contributed by atoms with Crippen LogP contribution in [-0.2, 0) is 5.41 Å². The van der Waals surface area contributed by atoms with Crippen molar-refractivity contribution >= 4 is 34.5 Å². The van der Waals surface area contributed by atoms with Crippen LogP contribution in [0.3, 0.4) is 0 Å². The zero-order chi connectivity index (χ0) is 14.2. The third-order valence-electron chi connectivity index (χ3n) is 2.89. The van der Waals surface area contributed by atoms with Crippen molar-refractivity contribution in [2.24, 2.45) is 0 Å². The molecule has 1 unspecified atom stereocenters. The Morgan fingerprint density at radius 3 is 2.32 bits per heavy atom. The van der Waals surface area contributed by atoms with E-state index < -0.39 is 6.10 Å². The van der Waals surface area contributed by atoms with Crippen molar-refractivity contribution in [1.29, 1.82) is 0 Å². The second-order valence-electron chi connectivity index (χ2n) is 5.52. The van der Waals surface area contributed by atoms with Gasteiger partial charge in [0.2, 0.25) is 0 Å². The zero-order valence-electron chi connectivity index (χ0n) is 11.1. The van der Waals surface area contributed by atoms with Gasteiger partial charge in [-0.25, -0.2) is 0 Å². The molecule has 1 heterocycles. The van der Waals surface area contributed by atoms with Gasteiger partial charge < -0.3 is 5.11 Å². The van der Waals surface area contributed by atoms with E-state index in [2.05, 4.69) is 26.8 Å². The molecule has 1 nitrogen and oxygen atoms in total. The summed E-state index contributed by atoms with van der Waals surface area (Å²) in [6, 6.07) is 9.18. The van der Waals surface area contributed by atoms with E-state index in [9.17, 15) is 5.11 Å². The van der Waals surface area contributed by atoms with Crippen LogP contribution in [0.25, 0.3) is 0 Å². The summed E-state index contributed by atoms with van der Waals surface area (Å²) in [4.78, 5) is 2.14. The third-order valence-corrected chi connectivity index (χ3v) is 5.02. The molecule has 2 rings (SSSR count). The van der Waals surface area contributed by atoms with Gasteiger partial charge in [0.15, 0.2) is 0 Å². The first-order chi connectivity index (χ1) is 8.79. The summed E-state index contributed by atoms with van der Waals surface area (Å²) in [5.74, 6) is 0. The Hall–Kier alpha value is -0.540. The highest BCUT2D eigenvalue weighted by Crippen LogP contribution is 2.37. The average Bonchev–Trinajstić information content (AvgIpc) is 2.76. The monoisotopic (exact) mass is 314 g/mol. The van der Waals surface area contributed by atoms with Gasteiger partial charge in [-0.3, -0.25) is 0 Å². The van der Waals surface area contributed by atoms with Crippen LogP contribution < -0.4 is 0 Å². The number of aliphatic hydroxyl groups excluding tert-OH is 1. The molecule has 0 saturated heterocycles. The van der Waals surface area contributed by atoms with E-state index in [1.54, 1.807) is 29.5 Å². The standard InChI is InChI=1S/C15H16Cl2OS/c1-15(2,3)13-7-6-12(19-13)14(18)10-5-4-9(16)8-11(10)17/h4-8,14,18H,1-3H3. The van der Waals surface area contributed by atoms with Gasteiger partial charge in [0, 0.05) is 25.4 Å². The van der Waals surface area contributed by atoms with Crippen molar-refractivity contribution in [3.8, 4) is 0 Å². The molecule has 0 radical (unpaired) electrons. The number of hydrogen-bond acceptors (Lipinski definition) is 2. The summed E-state index contributed by atoms with van der Waals surface area (Å²) in [5, 5.41) is 11.5. The highest BCUT2D eigenvalue weighted by Gasteiger charge is 2.20. The fraction of sp³-hybridized carbons (Fsp3) is 0.333. The molecule has 0 saturated carbocycles. The molecule has 1 N–H and O–H groups in total. The molecule has 0 spiro atoms. The van der Waals surface area contributed by atoms with Crippen LogP contribution in [0.1, 0.15) is 42.2 Å². The van der Waals surface area contributed by atoms with Crippen molar-refractivity contribution in [1.82, 2.24) is 0 Å². The minimum Gasteiger partial charge on any atom is -0.383 e. The quantitative estimate of drug-likeness (QED) is 0.783. The lowest BCUT2D eigenvalue weighted by Gasteiger charge is -2.16. The lowest BCUT2D eigenvalue weighted by molar-refractivity contribution is 0.224. The number of rotatable bonds is 2. The number of thiophene rings is 1. The smallest absolute Gasteiger partial charge is 0.115 e. The molecular weight excluding hydrogens is 299 g/mol. The van der Waals surface area contributed by atoms with E-state index in [4.69, 9.17) is 23.2 Å². The van der Waals surface area contributed by atoms with Crippen molar-refractivity contribution in [2.75, 3.05) is 0 Å². The first-order valence-electron chi connectivity index (χ1n) is 6.02. The van der Waals surface area contributed by atoms with Crippen LogP contribution in [0, 0.1) is 0 Å². The summed E-state index contributed by atoms with van der Waals surface area (Å²) in [6.07, 6.45) is -0.703. The molecule has 0 bridgehead atoms. The molecule has 102 valence electrons. The second kappa shape index (κ2) is 5.45. The fourth-order valence-corrected chi connectivity index (χ4v) is 3.36. The molecular formula is C15H16Cl2OS. The van der Waals surface area contributed by atoms with Crippen molar-refractivity contribution < 1.29 is 5.11 Å². The van der Waals surface area contributed by atoms with Gasteiger partial charge in [-0.2, -0.15) is 0 Å². The highest BCUT2D eigenvalue weighted by molar-refractivity contribution is 7.12. The first kappa shape index (κ1) is 14.9. The Morgan fingerprint density at radius 2 is 1.79 bits per heavy atom. The number of aliphatic hydroxyl groups is 1. The van der Waals surface area contributed by atoms with E-state index in [1.807, 2.05) is 6.07 Å². The summed E-state index contributed by atoms with van der Waals surface area (Å²) < 4.78 is 0. The normalized spacial score (nSPS) is 13.6. The molecule has 0 aliphatic heterocycles. The maximum Gasteiger partial charge on any atom is 0.115 e. The Balaban J connectivity index is 2.34. The Morgan fingerprint density at radius 1 is 1.11 bits per heavy atom. The van der Waals surface area contributed by atoms with Gasteiger partial charge in [0.05, 0.1) is 0 Å². The molecule has 1 atom stereocenters. The maximum atomic E-state index is 10.4. The van der Waals surface area contributed by atoms with Gasteiger partial charge in [-0.1, -0.05) is 50.0 Å². The van der Waals surface area contributed by atoms with Crippen LogP contribution in [0.4, 0.5) is 0 Å². The molecule has 2 aromatic rings. The predicted octanol–water partition coefficient (Wildman–Crippen LogP) is 5.43. The third kappa shape index (κ3) is 3.32. The predicted molar refractivity (Wildman–Crippen MR) is 83.5 cm³/mol. The summed E-state index contributed by atoms with van der Waals surface area (Å²) in [5.41, 5.74) is 0.778. The molecule has 0 fully saturated rings. The summed E-state index contributed by atoms with van der Waals surface area (Å²) in [7, 11) is 0. The minimum absolute atomic E-state index is 0.0897. The summed E-state index contributed by atoms with van der Waals surface area (Å²) in [6.45, 7) is 6.47. The van der Waals surface area contributed by atoms with E-state index >= 15 is 0 Å². The van der Waals surface area contributed by atoms with Crippen molar-refractivity contribution in [3.63, 3.8) is 0 Å². The van der Waals surface area contributed by atoms with Crippen LogP contribution in [0.2, 0.25) is 10.0 Å². The lowest BCUT2D eigenvalue weighted by Crippen LogP contribution is -2.07. The largest absolute Gasteiger partial charge is 0.383 e. The molecule has 1 aromatic heterocycles. The van der Waals surface area contributed by atoms with E-state index in [1.165, 1.54) is 4.88 Å². The first-order valence-corrected chi connectivity index (χ1v) is 7.59. The minimum atomic E-state index is -0.703. The van der Waals surface area contributed by atoms with Gasteiger partial charge in [0.25, 0.3) is 0 Å². The zero-order valence-corrected chi connectivity index (χ0v) is 13.4. The second-order valence-corrected chi connectivity index (χ2v) is 7.48. The molecule has 1 aromatic carbocycles. The van der Waals surface area contributed by atoms with Crippen molar-refractivity contribution in [3.05, 3.63) is 55.7 Å². The van der Waals surface area contributed by atoms with E-state index in [-0.39, 0.29) is 5.41 Å². The highest BCUT2D eigenvalue weighted by atomic mass is 35.5.